The van der Waals surface area contributed by atoms with Gasteiger partial charge < -0.3 is 5.73 Å². The Labute approximate surface area is 59.2 Å². The molecule has 2 N–H and O–H groups in total. The fraction of sp³-hybridized carbons (Fsp3) is 0.833. The van der Waals surface area contributed by atoms with Gasteiger partial charge in [-0.05, 0) is 5.92 Å². The lowest BCUT2D eigenvalue weighted by Crippen LogP contribution is -2.36. The van der Waals surface area contributed by atoms with E-state index >= 15 is 0 Å². The molecule has 0 spiro atoms. The van der Waals surface area contributed by atoms with Crippen molar-refractivity contribution in [2.24, 2.45) is 11.7 Å². The Bertz CT molecular complexity index is 118. The Morgan fingerprint density at radius 1 is 1.80 bits per heavy atom. The normalized spacial score (nSPS) is 16.0. The van der Waals surface area contributed by atoms with Crippen molar-refractivity contribution in [2.45, 2.75) is 26.3 Å². The zero-order chi connectivity index (χ0) is 8.15. The van der Waals surface area contributed by atoms with E-state index < -0.39 is 12.0 Å². The predicted molar refractivity (Wildman–Crippen MR) is 34.6 cm³/mol. The third-order valence-corrected chi connectivity index (χ3v) is 1.61. The van der Waals surface area contributed by atoms with Gasteiger partial charge in [0.05, 0.1) is 0 Å². The van der Waals surface area contributed by atoms with Gasteiger partial charge in [0, 0.05) is 4.53 Å². The number of carbonyl (C=O) groups is 1. The van der Waals surface area contributed by atoms with Gasteiger partial charge in [0.1, 0.15) is 6.04 Å². The molecule has 2 unspecified atom stereocenters. The van der Waals surface area contributed by atoms with Gasteiger partial charge >= 0.3 is 5.97 Å². The van der Waals surface area contributed by atoms with Gasteiger partial charge in [0.25, 0.3) is 0 Å². The van der Waals surface area contributed by atoms with Gasteiger partial charge in [-0.3, -0.25) is 4.94 Å². The molecule has 0 aromatic carbocycles. The van der Waals surface area contributed by atoms with Crippen LogP contribution in [-0.2, 0) is 9.74 Å². The molecule has 10 heavy (non-hydrogen) atoms. The molecular weight excluding hydrogens is 137 g/mol. The molecule has 0 aliphatic carbocycles. The molecule has 0 aromatic heterocycles. The number of halogens is 1. The summed E-state index contributed by atoms with van der Waals surface area (Å²) in [5.74, 6) is -1.03. The number of nitrogens with two attached hydrogens (primary N) is 1. The first kappa shape index (κ1) is 9.36. The molecule has 60 valence electrons. The molecule has 0 aromatic rings. The third kappa shape index (κ3) is 2.31. The van der Waals surface area contributed by atoms with Crippen molar-refractivity contribution in [1.82, 2.24) is 0 Å². The zero-order valence-corrected chi connectivity index (χ0v) is 6.13. The molecule has 0 saturated carbocycles. The highest BCUT2D eigenvalue weighted by atomic mass is 19.3. The lowest BCUT2D eigenvalue weighted by molar-refractivity contribution is -0.186. The van der Waals surface area contributed by atoms with E-state index in [2.05, 4.69) is 4.94 Å². The largest absolute Gasteiger partial charge is 0.365 e. The molecule has 0 bridgehead atoms. The molecule has 4 heteroatoms. The van der Waals surface area contributed by atoms with E-state index in [1.54, 1.807) is 6.92 Å². The maximum Gasteiger partial charge on any atom is 0.365 e. The topological polar surface area (TPSA) is 52.3 Å². The highest BCUT2D eigenvalue weighted by Gasteiger charge is 2.21. The summed E-state index contributed by atoms with van der Waals surface area (Å²) in [5.41, 5.74) is 5.27. The summed E-state index contributed by atoms with van der Waals surface area (Å²) in [5, 5.41) is 0. The first-order chi connectivity index (χ1) is 4.63. The molecule has 0 aliphatic rings. The van der Waals surface area contributed by atoms with Crippen LogP contribution in [0.15, 0.2) is 0 Å². The molecule has 0 aliphatic heterocycles. The van der Waals surface area contributed by atoms with Crippen LogP contribution in [0.2, 0.25) is 0 Å². The minimum absolute atomic E-state index is 0.0387. The number of hydrogen-bond donors (Lipinski definition) is 1. The van der Waals surface area contributed by atoms with Crippen LogP contribution in [0.5, 0.6) is 0 Å². The fourth-order valence-electron chi connectivity index (χ4n) is 0.538. The molecule has 0 amide bonds. The molecule has 0 fully saturated rings. The highest BCUT2D eigenvalue weighted by Crippen LogP contribution is 2.06. The standard InChI is InChI=1S/C6H12FNO2/c1-3-4(2)5(8)6(9)10-7/h4-5H,3,8H2,1-2H3. The second kappa shape index (κ2) is 4.22. The quantitative estimate of drug-likeness (QED) is 0.645. The summed E-state index contributed by atoms with van der Waals surface area (Å²) in [4.78, 5) is 13.4. The fourth-order valence-corrected chi connectivity index (χ4v) is 0.538. The maximum atomic E-state index is 11.2. The smallest absolute Gasteiger partial charge is 0.318 e. The van der Waals surface area contributed by atoms with Crippen LogP contribution in [0.4, 0.5) is 4.53 Å². The van der Waals surface area contributed by atoms with Crippen molar-refractivity contribution in [2.75, 3.05) is 0 Å². The van der Waals surface area contributed by atoms with Gasteiger partial charge in [0.2, 0.25) is 0 Å². The lowest BCUT2D eigenvalue weighted by Gasteiger charge is -2.12. The van der Waals surface area contributed by atoms with Crippen LogP contribution < -0.4 is 5.73 Å². The summed E-state index contributed by atoms with van der Waals surface area (Å²) in [6, 6.07) is -0.838. The van der Waals surface area contributed by atoms with Crippen molar-refractivity contribution in [3.63, 3.8) is 0 Å². The molecule has 3 nitrogen and oxygen atoms in total. The Morgan fingerprint density at radius 2 is 2.30 bits per heavy atom. The predicted octanol–water partition coefficient (Wildman–Crippen LogP) is 0.788. The second-order valence-electron chi connectivity index (χ2n) is 2.31. The van der Waals surface area contributed by atoms with Crippen molar-refractivity contribution in [3.8, 4) is 0 Å². The summed E-state index contributed by atoms with van der Waals surface area (Å²) >= 11 is 0. The van der Waals surface area contributed by atoms with Crippen LogP contribution in [-0.4, -0.2) is 12.0 Å². The molecule has 0 saturated heterocycles. The van der Waals surface area contributed by atoms with E-state index in [0.29, 0.717) is 0 Å². The second-order valence-corrected chi connectivity index (χ2v) is 2.31. The van der Waals surface area contributed by atoms with E-state index in [-0.39, 0.29) is 5.92 Å². The Hall–Kier alpha value is -0.640. The third-order valence-electron chi connectivity index (χ3n) is 1.61. The van der Waals surface area contributed by atoms with Gasteiger partial charge in [-0.1, -0.05) is 20.3 Å². The average Bonchev–Trinajstić information content (AvgIpc) is 2.00. The van der Waals surface area contributed by atoms with Crippen LogP contribution in [0.1, 0.15) is 20.3 Å². The number of rotatable bonds is 3. The Balaban J connectivity index is 3.81. The monoisotopic (exact) mass is 149 g/mol. The van der Waals surface area contributed by atoms with Crippen LogP contribution in [0.25, 0.3) is 0 Å². The van der Waals surface area contributed by atoms with Crippen LogP contribution >= 0.6 is 0 Å². The zero-order valence-electron chi connectivity index (χ0n) is 6.13. The number of carbonyl (C=O) groups excluding carboxylic acids is 1. The van der Waals surface area contributed by atoms with Crippen LogP contribution in [0.3, 0.4) is 0 Å². The van der Waals surface area contributed by atoms with E-state index in [4.69, 9.17) is 5.73 Å². The summed E-state index contributed by atoms with van der Waals surface area (Å²) < 4.78 is 11.2. The van der Waals surface area contributed by atoms with E-state index in [9.17, 15) is 9.32 Å². The summed E-state index contributed by atoms with van der Waals surface area (Å²) in [6.45, 7) is 3.64. The summed E-state index contributed by atoms with van der Waals surface area (Å²) in [6.07, 6.45) is 0.732. The minimum atomic E-state index is -0.991. The molecular formula is C6H12FNO2. The van der Waals surface area contributed by atoms with Crippen molar-refractivity contribution in [3.05, 3.63) is 0 Å². The molecule has 0 heterocycles. The minimum Gasteiger partial charge on any atom is -0.318 e. The molecule has 0 radical (unpaired) electrons. The van der Waals surface area contributed by atoms with Gasteiger partial charge in [-0.2, -0.15) is 0 Å². The van der Waals surface area contributed by atoms with Gasteiger partial charge in [-0.25, -0.2) is 4.79 Å². The molecule has 2 atom stereocenters. The van der Waals surface area contributed by atoms with E-state index in [1.807, 2.05) is 6.92 Å². The van der Waals surface area contributed by atoms with E-state index in [0.717, 1.165) is 6.42 Å². The average molecular weight is 149 g/mol. The lowest BCUT2D eigenvalue weighted by atomic mass is 10.0. The van der Waals surface area contributed by atoms with Gasteiger partial charge in [0.15, 0.2) is 0 Å². The van der Waals surface area contributed by atoms with Crippen molar-refractivity contribution in [1.29, 1.82) is 0 Å². The number of hydrogen-bond acceptors (Lipinski definition) is 3. The first-order valence-electron chi connectivity index (χ1n) is 3.21. The van der Waals surface area contributed by atoms with Crippen molar-refractivity contribution >= 4 is 5.97 Å². The first-order valence-corrected chi connectivity index (χ1v) is 3.21. The Kier molecular flexibility index (Phi) is 3.95. The molecule has 0 rings (SSSR count). The van der Waals surface area contributed by atoms with E-state index in [1.165, 1.54) is 0 Å². The maximum absolute atomic E-state index is 11.2. The Morgan fingerprint density at radius 3 is 2.60 bits per heavy atom. The van der Waals surface area contributed by atoms with Crippen LogP contribution in [0, 0.1) is 5.92 Å². The summed E-state index contributed by atoms with van der Waals surface area (Å²) in [7, 11) is 0. The highest BCUT2D eigenvalue weighted by molar-refractivity contribution is 5.75. The van der Waals surface area contributed by atoms with Gasteiger partial charge in [-0.15, -0.1) is 0 Å². The SMILES string of the molecule is CCC(C)C(N)C(=O)OF. The van der Waals surface area contributed by atoms with Crippen molar-refractivity contribution < 1.29 is 14.3 Å².